The van der Waals surface area contributed by atoms with E-state index in [0.717, 1.165) is 17.2 Å². The first-order chi connectivity index (χ1) is 18.6. The van der Waals surface area contributed by atoms with Crippen LogP contribution in [0.5, 0.6) is 0 Å². The predicted molar refractivity (Wildman–Crippen MR) is 123 cm³/mol. The largest absolute Gasteiger partial charge is 0.481 e. The quantitative estimate of drug-likeness (QED) is 0.117. The van der Waals surface area contributed by atoms with Crippen LogP contribution >= 0.6 is 15.6 Å². The smallest absolute Gasteiger partial charge is 0.394 e. The van der Waals surface area contributed by atoms with Crippen LogP contribution < -0.4 is 5.73 Å². The Morgan fingerprint density at radius 1 is 0.925 bits per heavy atom. The molecule has 4 rings (SSSR count). The SMILES string of the molecule is Nc1ncnc2c1ncn2[C@@H]1O[C@H](C(OP(=O)(O)OP(=O)(O)O)C2O[C@H]([C@@H](O)CO)[C@@H](O)[C@H](O)[C@@H]2O)[C@@H](O)[C@H]1O. The summed E-state index contributed by atoms with van der Waals surface area (Å²) < 4.78 is 44.5. The molecule has 0 amide bonds. The van der Waals surface area contributed by atoms with E-state index in [2.05, 4.69) is 19.3 Å². The number of nitrogens with two attached hydrogens (primary N) is 1. The molecule has 4 heterocycles. The second-order valence-electron chi connectivity index (χ2n) is 8.95. The number of nitrogens with zero attached hydrogens (tertiary/aromatic N) is 4. The van der Waals surface area contributed by atoms with E-state index in [1.54, 1.807) is 0 Å². The lowest BCUT2D eigenvalue weighted by Crippen LogP contribution is -2.65. The molecule has 3 unspecified atom stereocenters. The molecule has 0 spiro atoms. The molecular weight excluding hydrogens is 592 g/mol. The van der Waals surface area contributed by atoms with Crippen LogP contribution in [-0.2, 0) is 27.4 Å². The molecule has 40 heavy (non-hydrogen) atoms. The molecule has 2 fully saturated rings. The van der Waals surface area contributed by atoms with E-state index in [4.69, 9.17) is 29.5 Å². The Kier molecular flexibility index (Phi) is 8.97. The lowest BCUT2D eigenvalue weighted by molar-refractivity contribution is -0.272. The Morgan fingerprint density at radius 3 is 2.15 bits per heavy atom. The third-order valence-electron chi connectivity index (χ3n) is 6.30. The zero-order valence-corrected chi connectivity index (χ0v) is 21.7. The van der Waals surface area contributed by atoms with Crippen molar-refractivity contribution in [1.29, 1.82) is 0 Å². The maximum absolute atomic E-state index is 12.5. The number of phosphoric acid groups is 2. The summed E-state index contributed by atoms with van der Waals surface area (Å²) in [6.07, 6.45) is -20.0. The third-order valence-corrected chi connectivity index (χ3v) is 8.49. The molecule has 0 radical (unpaired) electrons. The molecule has 21 nitrogen and oxygen atoms in total. The summed E-state index contributed by atoms with van der Waals surface area (Å²) in [7, 11) is -11.5. The number of imidazole rings is 1. The second-order valence-corrected chi connectivity index (χ2v) is 11.7. The molecule has 2 aliphatic heterocycles. The number of aromatic nitrogens is 4. The monoisotopic (exact) mass is 619 g/mol. The maximum Gasteiger partial charge on any atom is 0.481 e. The number of anilines is 1. The first-order valence-corrected chi connectivity index (χ1v) is 14.3. The van der Waals surface area contributed by atoms with Gasteiger partial charge in [0.05, 0.1) is 12.9 Å². The zero-order chi connectivity index (χ0) is 29.7. The number of hydrogen-bond acceptors (Lipinski definition) is 17. The van der Waals surface area contributed by atoms with Crippen LogP contribution in [0.25, 0.3) is 11.2 Å². The molecule has 0 aromatic carbocycles. The van der Waals surface area contributed by atoms with E-state index >= 15 is 0 Å². The van der Waals surface area contributed by atoms with Crippen LogP contribution in [0.3, 0.4) is 0 Å². The van der Waals surface area contributed by atoms with Gasteiger partial charge in [0, 0.05) is 0 Å². The fraction of sp³-hybridized carbons (Fsp3) is 0.706. The summed E-state index contributed by atoms with van der Waals surface area (Å²) in [6.45, 7) is -1.02. The highest BCUT2D eigenvalue weighted by Gasteiger charge is 2.58. The van der Waals surface area contributed by atoms with Gasteiger partial charge in [-0.2, -0.15) is 4.31 Å². The molecule has 2 aromatic rings. The number of aliphatic hydroxyl groups excluding tert-OH is 7. The van der Waals surface area contributed by atoms with Gasteiger partial charge < -0.3 is 65.6 Å². The van der Waals surface area contributed by atoms with E-state index < -0.39 is 89.5 Å². The summed E-state index contributed by atoms with van der Waals surface area (Å²) in [5.74, 6) is -0.0508. The van der Waals surface area contributed by atoms with E-state index in [0.29, 0.717) is 0 Å². The minimum absolute atomic E-state index is 0.0122. The Labute approximate surface area is 222 Å². The summed E-state index contributed by atoms with van der Waals surface area (Å²) in [6, 6.07) is 0. The first-order valence-electron chi connectivity index (χ1n) is 11.3. The van der Waals surface area contributed by atoms with Gasteiger partial charge >= 0.3 is 15.6 Å². The van der Waals surface area contributed by atoms with Gasteiger partial charge in [-0.15, -0.1) is 0 Å². The summed E-state index contributed by atoms with van der Waals surface area (Å²) in [5, 5.41) is 72.2. The Balaban J connectivity index is 1.74. The normalized spacial score (nSPS) is 36.4. The third kappa shape index (κ3) is 6.05. The number of rotatable bonds is 9. The zero-order valence-electron chi connectivity index (χ0n) is 19.9. The van der Waals surface area contributed by atoms with Gasteiger partial charge in [0.25, 0.3) is 0 Å². The number of phosphoric ester groups is 1. The van der Waals surface area contributed by atoms with Crippen molar-refractivity contribution in [2.24, 2.45) is 0 Å². The molecule has 23 heteroatoms. The molecule has 0 bridgehead atoms. The van der Waals surface area contributed by atoms with Crippen molar-refractivity contribution in [2.45, 2.75) is 67.3 Å². The fourth-order valence-corrected chi connectivity index (χ4v) is 6.26. The van der Waals surface area contributed by atoms with Gasteiger partial charge in [0.15, 0.2) is 17.7 Å². The maximum atomic E-state index is 12.5. The molecule has 0 aliphatic carbocycles. The average molecular weight is 619 g/mol. The van der Waals surface area contributed by atoms with Gasteiger partial charge in [0.2, 0.25) is 0 Å². The summed E-state index contributed by atoms with van der Waals surface area (Å²) >= 11 is 0. The van der Waals surface area contributed by atoms with E-state index in [9.17, 15) is 49.8 Å². The molecule has 2 aliphatic rings. The van der Waals surface area contributed by atoms with Crippen LogP contribution in [0.4, 0.5) is 5.82 Å². The molecule has 12 atom stereocenters. The number of hydrogen-bond donors (Lipinski definition) is 11. The van der Waals surface area contributed by atoms with Crippen molar-refractivity contribution in [1.82, 2.24) is 19.5 Å². The lowest BCUT2D eigenvalue weighted by Gasteiger charge is -2.45. The number of nitrogen functional groups attached to an aromatic ring is 1. The highest BCUT2D eigenvalue weighted by Crippen LogP contribution is 2.59. The van der Waals surface area contributed by atoms with Gasteiger partial charge in [-0.3, -0.25) is 9.09 Å². The topological polar surface area (TPSA) is 343 Å². The van der Waals surface area contributed by atoms with Gasteiger partial charge in [-0.1, -0.05) is 0 Å². The van der Waals surface area contributed by atoms with Crippen LogP contribution in [-0.4, -0.2) is 138 Å². The fourth-order valence-electron chi connectivity index (χ4n) is 4.48. The minimum Gasteiger partial charge on any atom is -0.394 e. The van der Waals surface area contributed by atoms with Crippen LogP contribution in [0.2, 0.25) is 0 Å². The minimum atomic E-state index is -5.81. The summed E-state index contributed by atoms with van der Waals surface area (Å²) in [5.41, 5.74) is 5.83. The Morgan fingerprint density at radius 2 is 1.52 bits per heavy atom. The molecule has 0 saturated carbocycles. The second kappa shape index (κ2) is 11.5. The van der Waals surface area contributed by atoms with Crippen LogP contribution in [0.15, 0.2) is 12.7 Å². The van der Waals surface area contributed by atoms with Crippen molar-refractivity contribution in [2.75, 3.05) is 12.3 Å². The van der Waals surface area contributed by atoms with Gasteiger partial charge in [-0.05, 0) is 0 Å². The lowest BCUT2D eigenvalue weighted by atomic mass is 9.87. The average Bonchev–Trinajstić information content (AvgIpc) is 3.41. The van der Waals surface area contributed by atoms with Gasteiger partial charge in [-0.25, -0.2) is 24.1 Å². The Bertz CT molecular complexity index is 1300. The highest BCUT2D eigenvalue weighted by atomic mass is 31.3. The first kappa shape index (κ1) is 31.2. The highest BCUT2D eigenvalue weighted by molar-refractivity contribution is 7.60. The van der Waals surface area contributed by atoms with Crippen molar-refractivity contribution >= 4 is 32.6 Å². The van der Waals surface area contributed by atoms with E-state index in [1.807, 2.05) is 0 Å². The van der Waals surface area contributed by atoms with E-state index in [-0.39, 0.29) is 17.0 Å². The molecular formula is C17H27N5O16P2. The molecule has 2 aromatic heterocycles. The van der Waals surface area contributed by atoms with E-state index in [1.165, 1.54) is 0 Å². The molecule has 12 N–H and O–H groups in total. The summed E-state index contributed by atoms with van der Waals surface area (Å²) in [4.78, 5) is 39.8. The molecule has 226 valence electrons. The standard InChI is InChI=1S/C17H27N5O16P2/c18-15-5-16(20-2-19-15)22(3-21-5)17-10(29)9(28)13(36-17)14(37-40(33,34)38-39(30,31)32)12-8(27)6(25)7(26)11(35-12)4(24)1-23/h2-4,6-14,17,23-29H,1H2,(H,33,34)(H2,18,19,20)(H2,30,31,32)/t4-,6-,7-,8-,9-,10+,11+,12?,13-,14?,17+/m0/s1. The molecule has 2 saturated heterocycles. The van der Waals surface area contributed by atoms with Crippen molar-refractivity contribution in [3.63, 3.8) is 0 Å². The van der Waals surface area contributed by atoms with Crippen molar-refractivity contribution in [3.05, 3.63) is 12.7 Å². The number of ether oxygens (including phenoxy) is 2. The van der Waals surface area contributed by atoms with Crippen molar-refractivity contribution < 1.29 is 77.9 Å². The van der Waals surface area contributed by atoms with Gasteiger partial charge in [0.1, 0.15) is 72.9 Å². The predicted octanol–water partition coefficient (Wildman–Crippen LogP) is -5.17. The van der Waals surface area contributed by atoms with Crippen LogP contribution in [0.1, 0.15) is 6.23 Å². The van der Waals surface area contributed by atoms with Crippen molar-refractivity contribution in [3.8, 4) is 0 Å². The number of aliphatic hydroxyl groups is 7. The number of fused-ring (bicyclic) bond motifs is 1. The van der Waals surface area contributed by atoms with Crippen LogP contribution in [0, 0.1) is 0 Å². The Hall–Kier alpha value is -1.75.